The first-order chi connectivity index (χ1) is 6.98. The number of para-hydroxylation sites is 1. The molecule has 0 aliphatic heterocycles. The van der Waals surface area contributed by atoms with E-state index in [4.69, 9.17) is 4.98 Å². The Morgan fingerprint density at radius 3 is 2.40 bits per heavy atom. The third-order valence-corrected chi connectivity index (χ3v) is 2.69. The molecule has 2 aromatic rings. The van der Waals surface area contributed by atoms with E-state index in [0.717, 1.165) is 11.2 Å². The van der Waals surface area contributed by atoms with E-state index in [2.05, 4.69) is 58.0 Å². The Labute approximate surface area is 91.2 Å². The lowest BCUT2D eigenvalue weighted by atomic mass is 9.91. The van der Waals surface area contributed by atoms with Gasteiger partial charge in [0, 0.05) is 16.5 Å². The summed E-state index contributed by atoms with van der Waals surface area (Å²) in [5.74, 6) is 0. The molecule has 0 saturated heterocycles. The van der Waals surface area contributed by atoms with Crippen molar-refractivity contribution in [3.63, 3.8) is 0 Å². The van der Waals surface area contributed by atoms with Crippen LogP contribution in [0.4, 0.5) is 0 Å². The van der Waals surface area contributed by atoms with Crippen LogP contribution in [0.15, 0.2) is 30.3 Å². The standard InChI is InChI=1S/C14H17N/c1-10-6-5-7-11-8-9-12(14(2,3)4)15-13(10)11/h5-9H,1-4H3. The lowest BCUT2D eigenvalue weighted by Gasteiger charge is -2.18. The number of hydrogen-bond donors (Lipinski definition) is 0. The molecule has 0 saturated carbocycles. The van der Waals surface area contributed by atoms with Gasteiger partial charge in [-0.25, -0.2) is 0 Å². The molecule has 2 rings (SSSR count). The fourth-order valence-corrected chi connectivity index (χ4v) is 1.71. The van der Waals surface area contributed by atoms with Crippen molar-refractivity contribution in [1.29, 1.82) is 0 Å². The molecule has 0 bridgehead atoms. The van der Waals surface area contributed by atoms with E-state index < -0.39 is 0 Å². The Hall–Kier alpha value is -1.37. The Kier molecular flexibility index (Phi) is 2.26. The Bertz CT molecular complexity index is 492. The molecule has 0 N–H and O–H groups in total. The highest BCUT2D eigenvalue weighted by molar-refractivity contribution is 5.81. The van der Waals surface area contributed by atoms with Gasteiger partial charge in [0.25, 0.3) is 0 Å². The van der Waals surface area contributed by atoms with Gasteiger partial charge in [-0.3, -0.25) is 4.98 Å². The maximum absolute atomic E-state index is 4.75. The molecule has 1 aromatic carbocycles. The van der Waals surface area contributed by atoms with Crippen molar-refractivity contribution >= 4 is 10.9 Å². The summed E-state index contributed by atoms with van der Waals surface area (Å²) < 4.78 is 0. The predicted molar refractivity (Wildman–Crippen MR) is 65.2 cm³/mol. The van der Waals surface area contributed by atoms with Crippen molar-refractivity contribution in [2.24, 2.45) is 0 Å². The summed E-state index contributed by atoms with van der Waals surface area (Å²) in [6.07, 6.45) is 0. The first-order valence-corrected chi connectivity index (χ1v) is 5.35. The van der Waals surface area contributed by atoms with Crippen molar-refractivity contribution in [2.75, 3.05) is 0 Å². The SMILES string of the molecule is Cc1cccc2ccc(C(C)(C)C)nc12. The quantitative estimate of drug-likeness (QED) is 0.628. The fourth-order valence-electron chi connectivity index (χ4n) is 1.71. The normalized spacial score (nSPS) is 12.0. The minimum atomic E-state index is 0.121. The molecule has 78 valence electrons. The summed E-state index contributed by atoms with van der Waals surface area (Å²) in [5, 5.41) is 1.23. The number of hydrogen-bond acceptors (Lipinski definition) is 1. The van der Waals surface area contributed by atoms with E-state index >= 15 is 0 Å². The number of aryl methyl sites for hydroxylation is 1. The van der Waals surface area contributed by atoms with Gasteiger partial charge in [-0.1, -0.05) is 45.0 Å². The van der Waals surface area contributed by atoms with Crippen LogP contribution in [-0.4, -0.2) is 4.98 Å². The van der Waals surface area contributed by atoms with Crippen LogP contribution < -0.4 is 0 Å². The van der Waals surface area contributed by atoms with Crippen LogP contribution in [0.2, 0.25) is 0 Å². The number of pyridine rings is 1. The van der Waals surface area contributed by atoms with Gasteiger partial charge in [-0.05, 0) is 18.6 Å². The third kappa shape index (κ3) is 1.87. The van der Waals surface area contributed by atoms with E-state index in [1.54, 1.807) is 0 Å². The molecule has 1 aromatic heterocycles. The zero-order valence-electron chi connectivity index (χ0n) is 9.83. The van der Waals surface area contributed by atoms with Crippen LogP contribution in [0.25, 0.3) is 10.9 Å². The highest BCUT2D eigenvalue weighted by Crippen LogP contribution is 2.24. The average molecular weight is 199 g/mol. The minimum Gasteiger partial charge on any atom is -0.252 e. The molecule has 0 fully saturated rings. The van der Waals surface area contributed by atoms with Crippen LogP contribution in [0, 0.1) is 6.92 Å². The lowest BCUT2D eigenvalue weighted by molar-refractivity contribution is 0.571. The van der Waals surface area contributed by atoms with Crippen molar-refractivity contribution in [2.45, 2.75) is 33.1 Å². The topological polar surface area (TPSA) is 12.9 Å². The molecule has 0 amide bonds. The van der Waals surface area contributed by atoms with Gasteiger partial charge in [-0.15, -0.1) is 0 Å². The van der Waals surface area contributed by atoms with E-state index in [0.29, 0.717) is 0 Å². The van der Waals surface area contributed by atoms with Gasteiger partial charge >= 0.3 is 0 Å². The van der Waals surface area contributed by atoms with E-state index in [-0.39, 0.29) is 5.41 Å². The van der Waals surface area contributed by atoms with E-state index in [1.165, 1.54) is 10.9 Å². The molecule has 0 aliphatic carbocycles. The minimum absolute atomic E-state index is 0.121. The highest BCUT2D eigenvalue weighted by atomic mass is 14.7. The Morgan fingerprint density at radius 1 is 1.00 bits per heavy atom. The summed E-state index contributed by atoms with van der Waals surface area (Å²) in [7, 11) is 0. The summed E-state index contributed by atoms with van der Waals surface area (Å²) in [4.78, 5) is 4.75. The molecule has 15 heavy (non-hydrogen) atoms. The maximum Gasteiger partial charge on any atom is 0.0734 e. The first kappa shape index (κ1) is 10.2. The van der Waals surface area contributed by atoms with Gasteiger partial charge < -0.3 is 0 Å². The number of benzene rings is 1. The summed E-state index contributed by atoms with van der Waals surface area (Å²) >= 11 is 0. The van der Waals surface area contributed by atoms with Gasteiger partial charge in [0.15, 0.2) is 0 Å². The second-order valence-electron chi connectivity index (χ2n) is 5.09. The van der Waals surface area contributed by atoms with E-state index in [1.807, 2.05) is 0 Å². The molecule has 1 heterocycles. The lowest BCUT2D eigenvalue weighted by Crippen LogP contribution is -2.13. The predicted octanol–water partition coefficient (Wildman–Crippen LogP) is 3.84. The van der Waals surface area contributed by atoms with Crippen molar-refractivity contribution in [1.82, 2.24) is 4.98 Å². The summed E-state index contributed by atoms with van der Waals surface area (Å²) in [6.45, 7) is 8.69. The van der Waals surface area contributed by atoms with Gasteiger partial charge in [0.2, 0.25) is 0 Å². The monoisotopic (exact) mass is 199 g/mol. The van der Waals surface area contributed by atoms with Crippen LogP contribution >= 0.6 is 0 Å². The smallest absolute Gasteiger partial charge is 0.0734 e. The van der Waals surface area contributed by atoms with Gasteiger partial charge in [0.1, 0.15) is 0 Å². The van der Waals surface area contributed by atoms with Crippen molar-refractivity contribution in [3.05, 3.63) is 41.6 Å². The molecule has 1 nitrogen and oxygen atoms in total. The molecule has 0 unspecified atom stereocenters. The Balaban J connectivity index is 2.70. The molecule has 0 radical (unpaired) electrons. The zero-order chi connectivity index (χ0) is 11.1. The number of fused-ring (bicyclic) bond motifs is 1. The second-order valence-corrected chi connectivity index (χ2v) is 5.09. The van der Waals surface area contributed by atoms with Crippen molar-refractivity contribution < 1.29 is 0 Å². The van der Waals surface area contributed by atoms with Gasteiger partial charge in [0.05, 0.1) is 5.52 Å². The summed E-state index contributed by atoms with van der Waals surface area (Å²) in [5.41, 5.74) is 3.66. The van der Waals surface area contributed by atoms with Crippen LogP contribution in [0.5, 0.6) is 0 Å². The second kappa shape index (κ2) is 3.34. The maximum atomic E-state index is 4.75. The number of aromatic nitrogens is 1. The van der Waals surface area contributed by atoms with Crippen LogP contribution in [0.1, 0.15) is 32.0 Å². The number of nitrogens with zero attached hydrogens (tertiary/aromatic N) is 1. The molecular weight excluding hydrogens is 182 g/mol. The fraction of sp³-hybridized carbons (Fsp3) is 0.357. The number of rotatable bonds is 0. The average Bonchev–Trinajstić information content (AvgIpc) is 2.16. The molecular formula is C14H17N. The highest BCUT2D eigenvalue weighted by Gasteiger charge is 2.15. The zero-order valence-corrected chi connectivity index (χ0v) is 9.83. The first-order valence-electron chi connectivity index (χ1n) is 5.35. The third-order valence-electron chi connectivity index (χ3n) is 2.69. The summed E-state index contributed by atoms with van der Waals surface area (Å²) in [6, 6.07) is 10.6. The largest absolute Gasteiger partial charge is 0.252 e. The van der Waals surface area contributed by atoms with Crippen LogP contribution in [0.3, 0.4) is 0 Å². The molecule has 0 atom stereocenters. The van der Waals surface area contributed by atoms with Gasteiger partial charge in [-0.2, -0.15) is 0 Å². The van der Waals surface area contributed by atoms with Crippen LogP contribution in [-0.2, 0) is 5.41 Å². The Morgan fingerprint density at radius 2 is 1.73 bits per heavy atom. The molecule has 0 spiro atoms. The van der Waals surface area contributed by atoms with E-state index in [9.17, 15) is 0 Å². The molecule has 1 heteroatoms. The molecule has 0 aliphatic rings. The van der Waals surface area contributed by atoms with Crippen molar-refractivity contribution in [3.8, 4) is 0 Å².